The summed E-state index contributed by atoms with van der Waals surface area (Å²) in [5.74, 6) is 0.996. The van der Waals surface area contributed by atoms with Crippen LogP contribution in [0.4, 0.5) is 5.13 Å². The summed E-state index contributed by atoms with van der Waals surface area (Å²) in [5, 5.41) is 3.91. The molecule has 1 aromatic heterocycles. The van der Waals surface area contributed by atoms with Crippen LogP contribution < -0.4 is 14.8 Å². The Morgan fingerprint density at radius 3 is 2.92 bits per heavy atom. The molecule has 0 aliphatic rings. The Morgan fingerprint density at radius 1 is 1.33 bits per heavy atom. The number of hydrogen-bond acceptors (Lipinski definition) is 5. The fraction of sp³-hybridized carbons (Fsp3) is 0.176. The van der Waals surface area contributed by atoms with E-state index in [9.17, 15) is 4.79 Å². The van der Waals surface area contributed by atoms with Crippen molar-refractivity contribution >= 4 is 44.2 Å². The van der Waals surface area contributed by atoms with E-state index in [4.69, 9.17) is 21.1 Å². The molecule has 0 saturated carbocycles. The molecule has 1 amide bonds. The second-order valence-corrected chi connectivity index (χ2v) is 6.51. The van der Waals surface area contributed by atoms with E-state index in [1.165, 1.54) is 11.3 Å². The zero-order chi connectivity index (χ0) is 17.1. The van der Waals surface area contributed by atoms with Gasteiger partial charge in [-0.05, 0) is 42.8 Å². The molecule has 0 radical (unpaired) electrons. The number of rotatable bonds is 5. The lowest BCUT2D eigenvalue weighted by atomic mass is 10.2. The van der Waals surface area contributed by atoms with E-state index in [1.807, 2.05) is 25.1 Å². The summed E-state index contributed by atoms with van der Waals surface area (Å²) in [6.45, 7) is 1.78. The number of amides is 1. The van der Waals surface area contributed by atoms with Crippen molar-refractivity contribution < 1.29 is 14.3 Å². The maximum atomic E-state index is 12.0. The number of halogens is 1. The lowest BCUT2D eigenvalue weighted by molar-refractivity contribution is -0.118. The number of fused-ring (bicyclic) bond motifs is 1. The number of carbonyl (C=O) groups is 1. The summed E-state index contributed by atoms with van der Waals surface area (Å²) >= 11 is 7.35. The standard InChI is InChI=1S/C17H15ClN2O3S/c1-10-8-11(6-7-12(10)18)23-9-15(21)19-17-20-16-13(22-2)4-3-5-14(16)24-17/h3-8H,9H2,1-2H3,(H,19,20,21). The van der Waals surface area contributed by atoms with Crippen molar-refractivity contribution in [3.63, 3.8) is 0 Å². The van der Waals surface area contributed by atoms with Crippen LogP contribution in [-0.4, -0.2) is 24.6 Å². The van der Waals surface area contributed by atoms with Gasteiger partial charge in [-0.2, -0.15) is 0 Å². The van der Waals surface area contributed by atoms with Crippen molar-refractivity contribution in [3.8, 4) is 11.5 Å². The molecule has 3 aromatic rings. The second-order valence-electron chi connectivity index (χ2n) is 5.07. The number of para-hydroxylation sites is 1. The van der Waals surface area contributed by atoms with Gasteiger partial charge in [0.15, 0.2) is 11.7 Å². The van der Waals surface area contributed by atoms with Gasteiger partial charge in [0.05, 0.1) is 11.8 Å². The molecular formula is C17H15ClN2O3S. The van der Waals surface area contributed by atoms with Crippen LogP contribution in [0.1, 0.15) is 5.56 Å². The number of ether oxygens (including phenoxy) is 2. The highest BCUT2D eigenvalue weighted by molar-refractivity contribution is 7.22. The van der Waals surface area contributed by atoms with E-state index in [-0.39, 0.29) is 12.5 Å². The Bertz CT molecular complexity index is 895. The SMILES string of the molecule is COc1cccc2sc(NC(=O)COc3ccc(Cl)c(C)c3)nc12. The highest BCUT2D eigenvalue weighted by Crippen LogP contribution is 2.32. The molecule has 2 aromatic carbocycles. The molecule has 0 fully saturated rings. The second kappa shape index (κ2) is 7.07. The summed E-state index contributed by atoms with van der Waals surface area (Å²) in [7, 11) is 1.59. The minimum Gasteiger partial charge on any atom is -0.494 e. The lowest BCUT2D eigenvalue weighted by Crippen LogP contribution is -2.20. The van der Waals surface area contributed by atoms with Gasteiger partial charge in [-0.15, -0.1) is 0 Å². The maximum Gasteiger partial charge on any atom is 0.264 e. The summed E-state index contributed by atoms with van der Waals surface area (Å²) in [4.78, 5) is 16.4. The van der Waals surface area contributed by atoms with Crippen LogP contribution in [-0.2, 0) is 4.79 Å². The van der Waals surface area contributed by atoms with Gasteiger partial charge >= 0.3 is 0 Å². The molecule has 0 spiro atoms. The number of hydrogen-bond donors (Lipinski definition) is 1. The lowest BCUT2D eigenvalue weighted by Gasteiger charge is -2.07. The van der Waals surface area contributed by atoms with Crippen LogP contribution >= 0.6 is 22.9 Å². The summed E-state index contributed by atoms with van der Waals surface area (Å²) in [6, 6.07) is 10.9. The predicted molar refractivity (Wildman–Crippen MR) is 96.5 cm³/mol. The fourth-order valence-corrected chi connectivity index (χ4v) is 3.17. The van der Waals surface area contributed by atoms with Gasteiger partial charge in [-0.25, -0.2) is 4.98 Å². The van der Waals surface area contributed by atoms with Crippen molar-refractivity contribution in [2.45, 2.75) is 6.92 Å². The minimum atomic E-state index is -0.277. The highest BCUT2D eigenvalue weighted by atomic mass is 35.5. The molecule has 7 heteroatoms. The van der Waals surface area contributed by atoms with Gasteiger partial charge < -0.3 is 9.47 Å². The third-order valence-electron chi connectivity index (χ3n) is 3.35. The molecule has 0 aliphatic heterocycles. The van der Waals surface area contributed by atoms with E-state index >= 15 is 0 Å². The minimum absolute atomic E-state index is 0.103. The third kappa shape index (κ3) is 3.60. The number of nitrogens with zero attached hydrogens (tertiary/aromatic N) is 1. The summed E-state index contributed by atoms with van der Waals surface area (Å²) in [5.41, 5.74) is 1.63. The monoisotopic (exact) mass is 362 g/mol. The molecule has 5 nitrogen and oxygen atoms in total. The number of aryl methyl sites for hydroxylation is 1. The number of aromatic nitrogens is 1. The largest absolute Gasteiger partial charge is 0.494 e. The van der Waals surface area contributed by atoms with Gasteiger partial charge in [0, 0.05) is 5.02 Å². The predicted octanol–water partition coefficient (Wildman–Crippen LogP) is 4.28. The van der Waals surface area contributed by atoms with Crippen LogP contribution in [0, 0.1) is 6.92 Å². The molecule has 1 heterocycles. The molecular weight excluding hydrogens is 348 g/mol. The highest BCUT2D eigenvalue weighted by Gasteiger charge is 2.11. The van der Waals surface area contributed by atoms with Gasteiger partial charge in [0.25, 0.3) is 5.91 Å². The topological polar surface area (TPSA) is 60.5 Å². The zero-order valence-electron chi connectivity index (χ0n) is 13.1. The van der Waals surface area contributed by atoms with Crippen molar-refractivity contribution in [1.29, 1.82) is 0 Å². The molecule has 0 bridgehead atoms. The third-order valence-corrected chi connectivity index (χ3v) is 4.71. The fourth-order valence-electron chi connectivity index (χ4n) is 2.15. The Kier molecular flexibility index (Phi) is 4.87. The molecule has 0 atom stereocenters. The van der Waals surface area contributed by atoms with E-state index in [1.54, 1.807) is 25.3 Å². The first-order valence-electron chi connectivity index (χ1n) is 7.19. The number of benzene rings is 2. The zero-order valence-corrected chi connectivity index (χ0v) is 14.7. The van der Waals surface area contributed by atoms with Crippen LogP contribution in [0.3, 0.4) is 0 Å². The van der Waals surface area contributed by atoms with Crippen LogP contribution in [0.15, 0.2) is 36.4 Å². The number of nitrogens with one attached hydrogen (secondary N) is 1. The van der Waals surface area contributed by atoms with Crippen molar-refractivity contribution in [1.82, 2.24) is 4.98 Å². The first-order chi connectivity index (χ1) is 11.6. The average Bonchev–Trinajstić information content (AvgIpc) is 2.98. The molecule has 0 unspecified atom stereocenters. The number of thiazole rings is 1. The molecule has 1 N–H and O–H groups in total. The molecule has 124 valence electrons. The molecule has 24 heavy (non-hydrogen) atoms. The van der Waals surface area contributed by atoms with E-state index in [0.29, 0.717) is 21.7 Å². The van der Waals surface area contributed by atoms with Crippen molar-refractivity contribution in [2.24, 2.45) is 0 Å². The van der Waals surface area contributed by atoms with Crippen LogP contribution in [0.2, 0.25) is 5.02 Å². The number of methoxy groups -OCH3 is 1. The molecule has 0 aliphatic carbocycles. The first kappa shape index (κ1) is 16.5. The van der Waals surface area contributed by atoms with Crippen molar-refractivity contribution in [2.75, 3.05) is 19.0 Å². The number of carbonyl (C=O) groups excluding carboxylic acids is 1. The van der Waals surface area contributed by atoms with E-state index < -0.39 is 0 Å². The van der Waals surface area contributed by atoms with Crippen LogP contribution in [0.25, 0.3) is 10.2 Å². The van der Waals surface area contributed by atoms with Crippen molar-refractivity contribution in [3.05, 3.63) is 47.0 Å². The van der Waals surface area contributed by atoms with E-state index in [0.717, 1.165) is 15.8 Å². The Morgan fingerprint density at radius 2 is 2.17 bits per heavy atom. The Balaban J connectivity index is 1.65. The number of anilines is 1. The van der Waals surface area contributed by atoms with Gasteiger partial charge in [0.1, 0.15) is 17.0 Å². The molecule has 0 saturated heterocycles. The first-order valence-corrected chi connectivity index (χ1v) is 8.38. The average molecular weight is 363 g/mol. The van der Waals surface area contributed by atoms with Gasteiger partial charge in [0.2, 0.25) is 0 Å². The normalized spacial score (nSPS) is 10.6. The van der Waals surface area contributed by atoms with Crippen LogP contribution in [0.5, 0.6) is 11.5 Å². The van der Waals surface area contributed by atoms with E-state index in [2.05, 4.69) is 10.3 Å². The maximum absolute atomic E-state index is 12.0. The van der Waals surface area contributed by atoms with Gasteiger partial charge in [-0.1, -0.05) is 29.0 Å². The Labute approximate surface area is 148 Å². The summed E-state index contributed by atoms with van der Waals surface area (Å²) < 4.78 is 11.7. The quantitative estimate of drug-likeness (QED) is 0.735. The Hall–Kier alpha value is -2.31. The molecule has 3 rings (SSSR count). The van der Waals surface area contributed by atoms with Gasteiger partial charge in [-0.3, -0.25) is 10.1 Å². The summed E-state index contributed by atoms with van der Waals surface area (Å²) in [6.07, 6.45) is 0. The smallest absolute Gasteiger partial charge is 0.264 e.